The minimum Gasteiger partial charge on any atom is -0.355 e. The lowest BCUT2D eigenvalue weighted by molar-refractivity contribution is 0.0963. The molecule has 1 aromatic heterocycles. The first-order valence-corrected chi connectivity index (χ1v) is 8.69. The number of aromatic nitrogens is 2. The lowest BCUT2D eigenvalue weighted by Crippen LogP contribution is -2.33. The van der Waals surface area contributed by atoms with Crippen LogP contribution in [0, 0.1) is 0 Å². The highest BCUT2D eigenvalue weighted by Crippen LogP contribution is 2.25. The SMILES string of the molecule is CCN1CCc2ncnc(N(C)Cc3ccc(C(=O)NC)cc3)c2C1. The fourth-order valence-corrected chi connectivity index (χ4v) is 3.24. The molecule has 0 radical (unpaired) electrons. The monoisotopic (exact) mass is 339 g/mol. The van der Waals surface area contributed by atoms with E-state index in [2.05, 4.69) is 39.1 Å². The Morgan fingerprint density at radius 3 is 2.72 bits per heavy atom. The lowest BCUT2D eigenvalue weighted by Gasteiger charge is -2.30. The van der Waals surface area contributed by atoms with Gasteiger partial charge in [-0.1, -0.05) is 19.1 Å². The van der Waals surface area contributed by atoms with Crippen LogP contribution in [0.5, 0.6) is 0 Å². The maximum Gasteiger partial charge on any atom is 0.251 e. The third-order valence-corrected chi connectivity index (χ3v) is 4.73. The van der Waals surface area contributed by atoms with E-state index in [9.17, 15) is 4.79 Å². The Kier molecular flexibility index (Phi) is 5.28. The predicted molar refractivity (Wildman–Crippen MR) is 98.6 cm³/mol. The van der Waals surface area contributed by atoms with E-state index in [1.165, 1.54) is 5.56 Å². The zero-order valence-corrected chi connectivity index (χ0v) is 15.1. The fraction of sp³-hybridized carbons (Fsp3) is 0.421. The summed E-state index contributed by atoms with van der Waals surface area (Å²) in [5.74, 6) is 0.933. The highest BCUT2D eigenvalue weighted by Gasteiger charge is 2.21. The van der Waals surface area contributed by atoms with Gasteiger partial charge in [0.15, 0.2) is 0 Å². The quantitative estimate of drug-likeness (QED) is 0.901. The van der Waals surface area contributed by atoms with Crippen molar-refractivity contribution in [2.45, 2.75) is 26.4 Å². The summed E-state index contributed by atoms with van der Waals surface area (Å²) in [4.78, 5) is 25.2. The lowest BCUT2D eigenvalue weighted by atomic mass is 10.1. The maximum atomic E-state index is 11.6. The second kappa shape index (κ2) is 7.61. The summed E-state index contributed by atoms with van der Waals surface area (Å²) >= 11 is 0. The van der Waals surface area contributed by atoms with E-state index in [0.29, 0.717) is 5.56 Å². The number of carbonyl (C=O) groups is 1. The van der Waals surface area contributed by atoms with Crippen molar-refractivity contribution < 1.29 is 4.79 Å². The summed E-state index contributed by atoms with van der Waals surface area (Å²) in [5.41, 5.74) is 4.22. The number of nitrogens with zero attached hydrogens (tertiary/aromatic N) is 4. The van der Waals surface area contributed by atoms with E-state index >= 15 is 0 Å². The summed E-state index contributed by atoms with van der Waals surface area (Å²) in [6, 6.07) is 7.70. The first-order chi connectivity index (χ1) is 12.1. The van der Waals surface area contributed by atoms with Gasteiger partial charge in [-0.05, 0) is 24.2 Å². The third-order valence-electron chi connectivity index (χ3n) is 4.73. The average Bonchev–Trinajstić information content (AvgIpc) is 2.66. The van der Waals surface area contributed by atoms with E-state index in [1.807, 2.05) is 24.3 Å². The normalized spacial score (nSPS) is 14.0. The van der Waals surface area contributed by atoms with Crippen molar-refractivity contribution in [1.82, 2.24) is 20.2 Å². The highest BCUT2D eigenvalue weighted by atomic mass is 16.1. The Balaban J connectivity index is 1.78. The molecular weight excluding hydrogens is 314 g/mol. The van der Waals surface area contributed by atoms with Crippen LogP contribution in [0.1, 0.15) is 34.1 Å². The average molecular weight is 339 g/mol. The molecule has 1 aromatic carbocycles. The number of hydrogen-bond acceptors (Lipinski definition) is 5. The van der Waals surface area contributed by atoms with Gasteiger partial charge in [0.1, 0.15) is 12.1 Å². The Morgan fingerprint density at radius 1 is 1.28 bits per heavy atom. The van der Waals surface area contributed by atoms with E-state index in [4.69, 9.17) is 0 Å². The topological polar surface area (TPSA) is 61.4 Å². The number of nitrogens with one attached hydrogen (secondary N) is 1. The molecule has 0 spiro atoms. The number of anilines is 1. The first kappa shape index (κ1) is 17.4. The first-order valence-electron chi connectivity index (χ1n) is 8.69. The molecule has 0 bridgehead atoms. The van der Waals surface area contributed by atoms with E-state index in [1.54, 1.807) is 13.4 Å². The van der Waals surface area contributed by atoms with Crippen LogP contribution < -0.4 is 10.2 Å². The molecule has 25 heavy (non-hydrogen) atoms. The van der Waals surface area contributed by atoms with Crippen molar-refractivity contribution in [3.8, 4) is 0 Å². The van der Waals surface area contributed by atoms with Crippen molar-refractivity contribution >= 4 is 11.7 Å². The van der Waals surface area contributed by atoms with Gasteiger partial charge in [0.2, 0.25) is 0 Å². The maximum absolute atomic E-state index is 11.6. The van der Waals surface area contributed by atoms with Gasteiger partial charge < -0.3 is 10.2 Å². The van der Waals surface area contributed by atoms with Crippen LogP contribution in [0.2, 0.25) is 0 Å². The highest BCUT2D eigenvalue weighted by molar-refractivity contribution is 5.93. The van der Waals surface area contributed by atoms with Gasteiger partial charge >= 0.3 is 0 Å². The number of likely N-dealkylation sites (N-methyl/N-ethyl adjacent to an activating group) is 1. The van der Waals surface area contributed by atoms with Crippen LogP contribution in [0.25, 0.3) is 0 Å². The summed E-state index contributed by atoms with van der Waals surface area (Å²) in [6.45, 7) is 5.93. The number of fused-ring (bicyclic) bond motifs is 1. The summed E-state index contributed by atoms with van der Waals surface area (Å²) < 4.78 is 0. The van der Waals surface area contributed by atoms with Crippen molar-refractivity contribution in [2.75, 3.05) is 32.1 Å². The molecular formula is C19H25N5O. The molecule has 1 aliphatic heterocycles. The second-order valence-electron chi connectivity index (χ2n) is 6.37. The number of carbonyl (C=O) groups excluding carboxylic acids is 1. The molecule has 0 saturated carbocycles. The fourth-order valence-electron chi connectivity index (χ4n) is 3.24. The predicted octanol–water partition coefficient (Wildman–Crippen LogP) is 1.85. The molecule has 0 unspecified atom stereocenters. The second-order valence-corrected chi connectivity index (χ2v) is 6.37. The van der Waals surface area contributed by atoms with Crippen molar-refractivity contribution in [3.05, 3.63) is 53.0 Å². The molecule has 2 heterocycles. The molecule has 1 amide bonds. The van der Waals surface area contributed by atoms with Gasteiger partial charge in [-0.25, -0.2) is 9.97 Å². The van der Waals surface area contributed by atoms with E-state index < -0.39 is 0 Å². The standard InChI is InChI=1S/C19H25N5O/c1-4-24-10-9-17-16(12-24)18(22-13-21-17)23(3)11-14-5-7-15(8-6-14)19(25)20-2/h5-8,13H,4,9-12H2,1-3H3,(H,20,25). The van der Waals surface area contributed by atoms with Crippen molar-refractivity contribution in [1.29, 1.82) is 0 Å². The molecule has 6 nitrogen and oxygen atoms in total. The largest absolute Gasteiger partial charge is 0.355 e. The molecule has 1 N–H and O–H groups in total. The zero-order valence-electron chi connectivity index (χ0n) is 15.1. The minimum atomic E-state index is -0.0653. The smallest absolute Gasteiger partial charge is 0.251 e. The number of hydrogen-bond donors (Lipinski definition) is 1. The van der Waals surface area contributed by atoms with Gasteiger partial charge in [0, 0.05) is 51.3 Å². The van der Waals surface area contributed by atoms with Crippen LogP contribution in [0.4, 0.5) is 5.82 Å². The van der Waals surface area contributed by atoms with Gasteiger partial charge in [0.05, 0.1) is 5.69 Å². The van der Waals surface area contributed by atoms with Gasteiger partial charge in [-0.15, -0.1) is 0 Å². The molecule has 6 heteroatoms. The molecule has 0 fully saturated rings. The minimum absolute atomic E-state index is 0.0653. The molecule has 3 rings (SSSR count). The molecule has 0 saturated heterocycles. The number of benzene rings is 1. The van der Waals surface area contributed by atoms with Gasteiger partial charge in [-0.2, -0.15) is 0 Å². The van der Waals surface area contributed by atoms with Crippen LogP contribution in [-0.4, -0.2) is 48.0 Å². The third kappa shape index (κ3) is 3.79. The zero-order chi connectivity index (χ0) is 17.8. The van der Waals surface area contributed by atoms with E-state index in [0.717, 1.165) is 49.7 Å². The van der Waals surface area contributed by atoms with Crippen LogP contribution in [0.3, 0.4) is 0 Å². The van der Waals surface area contributed by atoms with Crippen LogP contribution >= 0.6 is 0 Å². The molecule has 0 atom stereocenters. The number of rotatable bonds is 5. The van der Waals surface area contributed by atoms with Crippen molar-refractivity contribution in [3.63, 3.8) is 0 Å². The Bertz CT molecular complexity index is 744. The Morgan fingerprint density at radius 2 is 2.04 bits per heavy atom. The van der Waals surface area contributed by atoms with Crippen LogP contribution in [-0.2, 0) is 19.5 Å². The van der Waals surface area contributed by atoms with Crippen LogP contribution in [0.15, 0.2) is 30.6 Å². The molecule has 132 valence electrons. The Labute approximate surface area is 148 Å². The van der Waals surface area contributed by atoms with Gasteiger partial charge in [-0.3, -0.25) is 9.69 Å². The molecule has 1 aliphatic rings. The van der Waals surface area contributed by atoms with Crippen molar-refractivity contribution in [2.24, 2.45) is 0 Å². The Hall–Kier alpha value is -2.47. The number of amides is 1. The summed E-state index contributed by atoms with van der Waals surface area (Å²) in [6.07, 6.45) is 2.65. The molecule has 2 aromatic rings. The van der Waals surface area contributed by atoms with Gasteiger partial charge in [0.25, 0.3) is 5.91 Å². The summed E-state index contributed by atoms with van der Waals surface area (Å²) in [7, 11) is 3.70. The summed E-state index contributed by atoms with van der Waals surface area (Å²) in [5, 5.41) is 2.64. The molecule has 0 aliphatic carbocycles. The van der Waals surface area contributed by atoms with E-state index in [-0.39, 0.29) is 5.91 Å².